The van der Waals surface area contributed by atoms with E-state index in [1.165, 1.54) is 77.9 Å². The predicted octanol–water partition coefficient (Wildman–Crippen LogP) is 1.79. The molecule has 3 nitrogen and oxygen atoms in total. The highest BCUT2D eigenvalue weighted by molar-refractivity contribution is 4.75. The normalized spacial score (nSPS) is 26.8. The molecule has 2 aliphatic rings. The van der Waals surface area contributed by atoms with Crippen molar-refractivity contribution >= 4 is 0 Å². The van der Waals surface area contributed by atoms with Gasteiger partial charge in [-0.25, -0.2) is 0 Å². The fourth-order valence-electron chi connectivity index (χ4n) is 3.39. The van der Waals surface area contributed by atoms with Gasteiger partial charge < -0.3 is 15.1 Å². The van der Waals surface area contributed by atoms with Crippen LogP contribution in [0.4, 0.5) is 0 Å². The monoisotopic (exact) mass is 253 g/mol. The van der Waals surface area contributed by atoms with Crippen LogP contribution in [0, 0.1) is 5.92 Å². The summed E-state index contributed by atoms with van der Waals surface area (Å²) in [4.78, 5) is 5.33. The first-order valence-corrected chi connectivity index (χ1v) is 8.04. The van der Waals surface area contributed by atoms with Crippen molar-refractivity contribution < 1.29 is 0 Å². The van der Waals surface area contributed by atoms with Gasteiger partial charge in [0.25, 0.3) is 0 Å². The van der Waals surface area contributed by atoms with Crippen LogP contribution in [-0.4, -0.2) is 62.2 Å². The largest absolute Gasteiger partial charge is 0.317 e. The third-order valence-corrected chi connectivity index (χ3v) is 4.43. The smallest absolute Gasteiger partial charge is 0.00218 e. The van der Waals surface area contributed by atoms with Crippen LogP contribution in [0.2, 0.25) is 0 Å². The van der Waals surface area contributed by atoms with Crippen molar-refractivity contribution in [2.45, 2.75) is 39.0 Å². The van der Waals surface area contributed by atoms with E-state index in [1.807, 2.05) is 0 Å². The van der Waals surface area contributed by atoms with Crippen LogP contribution in [0.1, 0.15) is 39.0 Å². The van der Waals surface area contributed by atoms with Gasteiger partial charge in [0.05, 0.1) is 0 Å². The van der Waals surface area contributed by atoms with Crippen molar-refractivity contribution in [2.24, 2.45) is 5.92 Å². The van der Waals surface area contributed by atoms with E-state index in [0.717, 1.165) is 12.5 Å². The van der Waals surface area contributed by atoms with E-state index in [1.54, 1.807) is 0 Å². The number of likely N-dealkylation sites (tertiary alicyclic amines) is 2. The molecule has 3 heteroatoms. The van der Waals surface area contributed by atoms with Crippen LogP contribution in [0.5, 0.6) is 0 Å². The molecule has 2 heterocycles. The van der Waals surface area contributed by atoms with Gasteiger partial charge in [-0.1, -0.05) is 6.92 Å². The SMILES string of the molecule is CCNCC1CCCN(CCCN2CCCC2)C1. The molecular formula is C15H31N3. The Morgan fingerprint density at radius 1 is 1.00 bits per heavy atom. The first-order chi connectivity index (χ1) is 8.88. The molecule has 106 valence electrons. The molecule has 2 saturated heterocycles. The summed E-state index contributed by atoms with van der Waals surface area (Å²) in [5.74, 6) is 0.894. The second-order valence-corrected chi connectivity index (χ2v) is 6.02. The third kappa shape index (κ3) is 4.87. The molecule has 0 aliphatic carbocycles. The highest BCUT2D eigenvalue weighted by atomic mass is 15.2. The topological polar surface area (TPSA) is 18.5 Å². The van der Waals surface area contributed by atoms with Crippen LogP contribution in [0.15, 0.2) is 0 Å². The molecular weight excluding hydrogens is 222 g/mol. The summed E-state index contributed by atoms with van der Waals surface area (Å²) in [5.41, 5.74) is 0. The van der Waals surface area contributed by atoms with Crippen molar-refractivity contribution in [2.75, 3.05) is 52.4 Å². The van der Waals surface area contributed by atoms with E-state index in [-0.39, 0.29) is 0 Å². The molecule has 0 spiro atoms. The standard InChI is InChI=1S/C15H31N3/c1-2-16-13-15-7-5-10-18(14-15)12-6-11-17-8-3-4-9-17/h15-16H,2-14H2,1H3. The van der Waals surface area contributed by atoms with E-state index in [4.69, 9.17) is 0 Å². The lowest BCUT2D eigenvalue weighted by Gasteiger charge is -2.33. The Hall–Kier alpha value is -0.120. The first kappa shape index (κ1) is 14.3. The highest BCUT2D eigenvalue weighted by Crippen LogP contribution is 2.16. The van der Waals surface area contributed by atoms with Crippen molar-refractivity contribution in [1.82, 2.24) is 15.1 Å². The second-order valence-electron chi connectivity index (χ2n) is 6.02. The zero-order valence-corrected chi connectivity index (χ0v) is 12.2. The van der Waals surface area contributed by atoms with Gasteiger partial charge in [0.15, 0.2) is 0 Å². The third-order valence-electron chi connectivity index (χ3n) is 4.43. The molecule has 0 saturated carbocycles. The summed E-state index contributed by atoms with van der Waals surface area (Å²) in [6, 6.07) is 0. The average molecular weight is 253 g/mol. The van der Waals surface area contributed by atoms with Crippen molar-refractivity contribution in [1.29, 1.82) is 0 Å². The predicted molar refractivity (Wildman–Crippen MR) is 78.0 cm³/mol. The molecule has 0 radical (unpaired) electrons. The number of hydrogen-bond donors (Lipinski definition) is 1. The molecule has 2 aliphatic heterocycles. The molecule has 1 unspecified atom stereocenters. The molecule has 0 aromatic rings. The van der Waals surface area contributed by atoms with Crippen LogP contribution >= 0.6 is 0 Å². The van der Waals surface area contributed by atoms with Gasteiger partial charge in [-0.05, 0) is 83.8 Å². The number of nitrogens with one attached hydrogen (secondary N) is 1. The number of piperidine rings is 1. The maximum atomic E-state index is 3.50. The zero-order chi connectivity index (χ0) is 12.6. The Morgan fingerprint density at radius 2 is 1.72 bits per heavy atom. The van der Waals surface area contributed by atoms with Gasteiger partial charge in [-0.2, -0.15) is 0 Å². The Labute approximate surface area is 113 Å². The van der Waals surface area contributed by atoms with E-state index in [9.17, 15) is 0 Å². The van der Waals surface area contributed by atoms with E-state index in [0.29, 0.717) is 0 Å². The minimum atomic E-state index is 0.894. The van der Waals surface area contributed by atoms with Gasteiger partial charge in [0.1, 0.15) is 0 Å². The van der Waals surface area contributed by atoms with Crippen LogP contribution < -0.4 is 5.32 Å². The van der Waals surface area contributed by atoms with Crippen LogP contribution in [0.25, 0.3) is 0 Å². The van der Waals surface area contributed by atoms with Gasteiger partial charge >= 0.3 is 0 Å². The molecule has 1 N–H and O–H groups in total. The molecule has 0 aromatic heterocycles. The van der Waals surface area contributed by atoms with E-state index in [2.05, 4.69) is 22.0 Å². The fraction of sp³-hybridized carbons (Fsp3) is 1.00. The molecule has 18 heavy (non-hydrogen) atoms. The van der Waals surface area contributed by atoms with Gasteiger partial charge in [0, 0.05) is 6.54 Å². The first-order valence-electron chi connectivity index (χ1n) is 8.04. The Balaban J connectivity index is 1.57. The number of nitrogens with zero attached hydrogens (tertiary/aromatic N) is 2. The zero-order valence-electron chi connectivity index (χ0n) is 12.2. The van der Waals surface area contributed by atoms with Crippen molar-refractivity contribution in [3.8, 4) is 0 Å². The number of hydrogen-bond acceptors (Lipinski definition) is 3. The summed E-state index contributed by atoms with van der Waals surface area (Å²) >= 11 is 0. The molecule has 0 amide bonds. The minimum Gasteiger partial charge on any atom is -0.317 e. The average Bonchev–Trinajstić information content (AvgIpc) is 2.90. The lowest BCUT2D eigenvalue weighted by atomic mass is 9.98. The number of rotatable bonds is 7. The maximum Gasteiger partial charge on any atom is 0.00218 e. The lowest BCUT2D eigenvalue weighted by molar-refractivity contribution is 0.164. The molecule has 0 aromatic carbocycles. The van der Waals surface area contributed by atoms with Gasteiger partial charge in [0.2, 0.25) is 0 Å². The van der Waals surface area contributed by atoms with E-state index >= 15 is 0 Å². The minimum absolute atomic E-state index is 0.894. The Kier molecular flexibility index (Phi) is 6.46. The summed E-state index contributed by atoms with van der Waals surface area (Å²) < 4.78 is 0. The summed E-state index contributed by atoms with van der Waals surface area (Å²) in [7, 11) is 0. The maximum absolute atomic E-state index is 3.50. The summed E-state index contributed by atoms with van der Waals surface area (Å²) in [6.45, 7) is 12.6. The molecule has 1 atom stereocenters. The second kappa shape index (κ2) is 8.13. The molecule has 2 fully saturated rings. The van der Waals surface area contributed by atoms with Gasteiger partial charge in [-0.15, -0.1) is 0 Å². The molecule has 0 bridgehead atoms. The summed E-state index contributed by atoms with van der Waals surface area (Å²) in [5, 5.41) is 3.50. The molecule has 2 rings (SSSR count). The van der Waals surface area contributed by atoms with Crippen LogP contribution in [0.3, 0.4) is 0 Å². The Morgan fingerprint density at radius 3 is 2.50 bits per heavy atom. The quantitative estimate of drug-likeness (QED) is 0.746. The van der Waals surface area contributed by atoms with E-state index < -0.39 is 0 Å². The van der Waals surface area contributed by atoms with Crippen molar-refractivity contribution in [3.63, 3.8) is 0 Å². The Bertz CT molecular complexity index is 214. The van der Waals surface area contributed by atoms with Gasteiger partial charge in [-0.3, -0.25) is 0 Å². The fourth-order valence-corrected chi connectivity index (χ4v) is 3.39. The summed E-state index contributed by atoms with van der Waals surface area (Å²) in [6.07, 6.45) is 7.05. The highest BCUT2D eigenvalue weighted by Gasteiger charge is 2.19. The van der Waals surface area contributed by atoms with Crippen LogP contribution in [-0.2, 0) is 0 Å². The lowest BCUT2D eigenvalue weighted by Crippen LogP contribution is -2.40. The van der Waals surface area contributed by atoms with Crippen molar-refractivity contribution in [3.05, 3.63) is 0 Å².